The number of aromatic amines is 1. The lowest BCUT2D eigenvalue weighted by atomic mass is 10.0. The Morgan fingerprint density at radius 1 is 1.28 bits per heavy atom. The number of para-hydroxylation sites is 1. The second-order valence-electron chi connectivity index (χ2n) is 6.85. The molecule has 0 radical (unpaired) electrons. The molecule has 0 spiro atoms. The lowest BCUT2D eigenvalue weighted by molar-refractivity contribution is -0.125. The van der Waals surface area contributed by atoms with Crippen molar-refractivity contribution in [2.24, 2.45) is 5.92 Å². The summed E-state index contributed by atoms with van der Waals surface area (Å²) in [6.45, 7) is 4.80. The third kappa shape index (κ3) is 3.73. The van der Waals surface area contributed by atoms with Gasteiger partial charge in [-0.15, -0.1) is 0 Å². The summed E-state index contributed by atoms with van der Waals surface area (Å²) in [7, 11) is 0. The largest absolute Gasteiger partial charge is 0.351 e. The Kier molecular flexibility index (Phi) is 4.88. The van der Waals surface area contributed by atoms with Crippen molar-refractivity contribution in [1.82, 2.24) is 15.2 Å². The first kappa shape index (κ1) is 17.2. The number of hydrogen-bond donors (Lipinski definition) is 2. The molecule has 6 nitrogen and oxygen atoms in total. The van der Waals surface area contributed by atoms with Gasteiger partial charge in [-0.25, -0.2) is 0 Å². The topological polar surface area (TPSA) is 82.3 Å². The average Bonchev–Trinajstić information content (AvgIpc) is 2.60. The van der Waals surface area contributed by atoms with Crippen LogP contribution in [0.4, 0.5) is 0 Å². The second kappa shape index (κ2) is 7.09. The number of carbonyl (C=O) groups is 2. The predicted octanol–water partition coefficient (Wildman–Crippen LogP) is 1.90. The van der Waals surface area contributed by atoms with E-state index in [9.17, 15) is 14.4 Å². The van der Waals surface area contributed by atoms with Crippen molar-refractivity contribution in [3.8, 4) is 0 Å². The van der Waals surface area contributed by atoms with Gasteiger partial charge in [-0.05, 0) is 18.9 Å². The standard InChI is InChI=1S/C19H23N3O3/c1-12(2)18(24)20-13-6-5-9-22(11-13)19(25)15-10-17(23)21-16-8-4-3-7-14(15)16/h3-4,7-8,10,12-13H,5-6,9,11H2,1-2H3,(H,20,24)(H,21,23). The van der Waals surface area contributed by atoms with Crippen molar-refractivity contribution in [1.29, 1.82) is 0 Å². The molecule has 2 N–H and O–H groups in total. The zero-order chi connectivity index (χ0) is 18.0. The van der Waals surface area contributed by atoms with Crippen molar-refractivity contribution >= 4 is 22.7 Å². The molecule has 25 heavy (non-hydrogen) atoms. The molecule has 2 heterocycles. The first-order valence-electron chi connectivity index (χ1n) is 8.67. The van der Waals surface area contributed by atoms with Crippen LogP contribution in [0.5, 0.6) is 0 Å². The number of likely N-dealkylation sites (tertiary alicyclic amines) is 1. The molecule has 3 rings (SSSR count). The van der Waals surface area contributed by atoms with Gasteiger partial charge in [0, 0.05) is 42.0 Å². The van der Waals surface area contributed by atoms with Crippen LogP contribution in [-0.4, -0.2) is 40.8 Å². The molecule has 1 aliphatic heterocycles. The van der Waals surface area contributed by atoms with E-state index in [0.29, 0.717) is 24.2 Å². The van der Waals surface area contributed by atoms with E-state index in [1.54, 1.807) is 11.0 Å². The molecule has 1 atom stereocenters. The Morgan fingerprint density at radius 2 is 2.04 bits per heavy atom. The van der Waals surface area contributed by atoms with E-state index in [-0.39, 0.29) is 29.3 Å². The van der Waals surface area contributed by atoms with Gasteiger partial charge in [0.1, 0.15) is 0 Å². The van der Waals surface area contributed by atoms with Gasteiger partial charge < -0.3 is 15.2 Å². The number of H-pyrrole nitrogens is 1. The highest BCUT2D eigenvalue weighted by molar-refractivity contribution is 6.06. The minimum absolute atomic E-state index is 0.000837. The number of aromatic nitrogens is 1. The Balaban J connectivity index is 1.83. The Morgan fingerprint density at radius 3 is 2.80 bits per heavy atom. The number of nitrogens with one attached hydrogen (secondary N) is 2. The van der Waals surface area contributed by atoms with Crippen LogP contribution in [0.2, 0.25) is 0 Å². The van der Waals surface area contributed by atoms with Gasteiger partial charge in [0.05, 0.1) is 5.56 Å². The van der Waals surface area contributed by atoms with Crippen LogP contribution in [-0.2, 0) is 4.79 Å². The van der Waals surface area contributed by atoms with Gasteiger partial charge >= 0.3 is 0 Å². The minimum atomic E-state index is -0.288. The smallest absolute Gasteiger partial charge is 0.254 e. The first-order chi connectivity index (χ1) is 12.0. The van der Waals surface area contributed by atoms with Crippen molar-refractivity contribution in [2.75, 3.05) is 13.1 Å². The van der Waals surface area contributed by atoms with Gasteiger partial charge in [0.25, 0.3) is 5.91 Å². The monoisotopic (exact) mass is 341 g/mol. The molecule has 1 saturated heterocycles. The minimum Gasteiger partial charge on any atom is -0.351 e. The third-order valence-corrected chi connectivity index (χ3v) is 4.56. The van der Waals surface area contributed by atoms with Gasteiger partial charge in [-0.2, -0.15) is 0 Å². The summed E-state index contributed by atoms with van der Waals surface area (Å²) in [6.07, 6.45) is 1.69. The molecule has 0 bridgehead atoms. The number of fused-ring (bicyclic) bond motifs is 1. The lowest BCUT2D eigenvalue weighted by Gasteiger charge is -2.33. The summed E-state index contributed by atoms with van der Waals surface area (Å²) in [6, 6.07) is 8.61. The van der Waals surface area contributed by atoms with E-state index in [1.807, 2.05) is 32.0 Å². The molecular formula is C19H23N3O3. The molecule has 132 valence electrons. The molecule has 1 aromatic carbocycles. The lowest BCUT2D eigenvalue weighted by Crippen LogP contribution is -2.50. The quantitative estimate of drug-likeness (QED) is 0.894. The summed E-state index contributed by atoms with van der Waals surface area (Å²) in [5.41, 5.74) is 0.777. The maximum atomic E-state index is 13.0. The fourth-order valence-corrected chi connectivity index (χ4v) is 3.20. The van der Waals surface area contributed by atoms with Crippen LogP contribution in [0.3, 0.4) is 0 Å². The molecular weight excluding hydrogens is 318 g/mol. The highest BCUT2D eigenvalue weighted by Gasteiger charge is 2.27. The van der Waals surface area contributed by atoms with Crippen LogP contribution in [0.25, 0.3) is 10.9 Å². The van der Waals surface area contributed by atoms with E-state index in [1.165, 1.54) is 6.07 Å². The van der Waals surface area contributed by atoms with Gasteiger partial charge in [0.15, 0.2) is 0 Å². The number of rotatable bonds is 3. The average molecular weight is 341 g/mol. The van der Waals surface area contributed by atoms with E-state index < -0.39 is 0 Å². The molecule has 1 unspecified atom stereocenters. The van der Waals surface area contributed by atoms with Crippen molar-refractivity contribution in [3.05, 3.63) is 46.2 Å². The van der Waals surface area contributed by atoms with Gasteiger partial charge in [-0.3, -0.25) is 14.4 Å². The molecule has 1 aromatic heterocycles. The number of piperidine rings is 1. The summed E-state index contributed by atoms with van der Waals surface area (Å²) in [5, 5.41) is 3.74. The first-order valence-corrected chi connectivity index (χ1v) is 8.67. The summed E-state index contributed by atoms with van der Waals surface area (Å²) in [5.74, 6) is -0.241. The molecule has 1 aliphatic rings. The van der Waals surface area contributed by atoms with E-state index in [2.05, 4.69) is 10.3 Å². The second-order valence-corrected chi connectivity index (χ2v) is 6.85. The van der Waals surface area contributed by atoms with Gasteiger partial charge in [0.2, 0.25) is 11.5 Å². The number of carbonyl (C=O) groups excluding carboxylic acids is 2. The molecule has 2 amide bonds. The number of benzene rings is 1. The van der Waals surface area contributed by atoms with Crippen LogP contribution in [0.1, 0.15) is 37.0 Å². The maximum absolute atomic E-state index is 13.0. The zero-order valence-electron chi connectivity index (χ0n) is 14.5. The Bertz CT molecular complexity index is 856. The fraction of sp³-hybridized carbons (Fsp3) is 0.421. The summed E-state index contributed by atoms with van der Waals surface area (Å²) in [4.78, 5) is 41.3. The molecule has 0 saturated carbocycles. The van der Waals surface area contributed by atoms with Crippen LogP contribution in [0, 0.1) is 5.92 Å². The van der Waals surface area contributed by atoms with Crippen LogP contribution >= 0.6 is 0 Å². The highest BCUT2D eigenvalue weighted by atomic mass is 16.2. The molecule has 0 aliphatic carbocycles. The zero-order valence-corrected chi connectivity index (χ0v) is 14.5. The number of pyridine rings is 1. The molecule has 1 fully saturated rings. The van der Waals surface area contributed by atoms with E-state index in [4.69, 9.17) is 0 Å². The van der Waals surface area contributed by atoms with Crippen LogP contribution in [0.15, 0.2) is 35.1 Å². The van der Waals surface area contributed by atoms with Crippen molar-refractivity contribution in [2.45, 2.75) is 32.7 Å². The summed E-state index contributed by atoms with van der Waals surface area (Å²) >= 11 is 0. The third-order valence-electron chi connectivity index (χ3n) is 4.56. The number of amides is 2. The van der Waals surface area contributed by atoms with Crippen molar-refractivity contribution < 1.29 is 9.59 Å². The van der Waals surface area contributed by atoms with E-state index >= 15 is 0 Å². The van der Waals surface area contributed by atoms with Gasteiger partial charge in [-0.1, -0.05) is 32.0 Å². The molecule has 2 aromatic rings. The molecule has 6 heteroatoms. The highest BCUT2D eigenvalue weighted by Crippen LogP contribution is 2.19. The van der Waals surface area contributed by atoms with Crippen molar-refractivity contribution in [3.63, 3.8) is 0 Å². The Labute approximate surface area is 146 Å². The Hall–Kier alpha value is -2.63. The normalized spacial score (nSPS) is 17.7. The number of hydrogen-bond acceptors (Lipinski definition) is 3. The van der Waals surface area contributed by atoms with Crippen LogP contribution < -0.4 is 10.9 Å². The van der Waals surface area contributed by atoms with E-state index in [0.717, 1.165) is 18.2 Å². The predicted molar refractivity (Wildman–Crippen MR) is 96.5 cm³/mol. The number of nitrogens with zero attached hydrogens (tertiary/aromatic N) is 1. The fourth-order valence-electron chi connectivity index (χ4n) is 3.20. The summed E-state index contributed by atoms with van der Waals surface area (Å²) < 4.78 is 0. The maximum Gasteiger partial charge on any atom is 0.254 e. The SMILES string of the molecule is CC(C)C(=O)NC1CCCN(C(=O)c2cc(=O)[nH]c3ccccc23)C1.